The van der Waals surface area contributed by atoms with E-state index in [2.05, 4.69) is 28.5 Å². The molecule has 1 aliphatic carbocycles. The maximum absolute atomic E-state index is 11.5. The Morgan fingerprint density at radius 2 is 2.04 bits per heavy atom. The van der Waals surface area contributed by atoms with Crippen LogP contribution in [0.15, 0.2) is 4.99 Å². The molecule has 1 heterocycles. The van der Waals surface area contributed by atoms with Crippen LogP contribution in [-0.4, -0.2) is 45.0 Å². The van der Waals surface area contributed by atoms with Gasteiger partial charge < -0.3 is 10.6 Å². The van der Waals surface area contributed by atoms with Crippen molar-refractivity contribution in [2.75, 3.05) is 24.6 Å². The van der Waals surface area contributed by atoms with Gasteiger partial charge in [0.15, 0.2) is 15.8 Å². The molecule has 23 heavy (non-hydrogen) atoms. The number of nitrogens with one attached hydrogen (secondary N) is 2. The highest BCUT2D eigenvalue weighted by Crippen LogP contribution is 2.23. The van der Waals surface area contributed by atoms with Crippen LogP contribution in [0.3, 0.4) is 0 Å². The van der Waals surface area contributed by atoms with Crippen LogP contribution in [0.5, 0.6) is 0 Å². The molecule has 7 heteroatoms. The molecule has 3 atom stereocenters. The van der Waals surface area contributed by atoms with Crippen molar-refractivity contribution in [1.29, 1.82) is 0 Å². The minimum Gasteiger partial charge on any atom is -0.353 e. The molecule has 1 aliphatic heterocycles. The minimum absolute atomic E-state index is 0. The van der Waals surface area contributed by atoms with Crippen molar-refractivity contribution in [2.24, 2.45) is 16.8 Å². The van der Waals surface area contributed by atoms with E-state index >= 15 is 0 Å². The molecule has 2 N–H and O–H groups in total. The molecular formula is C16H28IN3O2S. The largest absolute Gasteiger partial charge is 0.353 e. The minimum atomic E-state index is -2.84. The summed E-state index contributed by atoms with van der Waals surface area (Å²) in [7, 11) is -2.84. The Labute approximate surface area is 157 Å². The van der Waals surface area contributed by atoms with Gasteiger partial charge in [0, 0.05) is 12.6 Å². The molecule has 2 aliphatic rings. The van der Waals surface area contributed by atoms with E-state index in [4.69, 9.17) is 6.42 Å². The second-order valence-electron chi connectivity index (χ2n) is 6.53. The molecule has 1 saturated heterocycles. The molecule has 2 rings (SSSR count). The third-order valence-electron chi connectivity index (χ3n) is 4.63. The summed E-state index contributed by atoms with van der Waals surface area (Å²) in [5, 5.41) is 6.61. The zero-order chi connectivity index (χ0) is 16.0. The molecule has 0 aromatic rings. The summed E-state index contributed by atoms with van der Waals surface area (Å²) < 4.78 is 23.0. The number of hydrogen-bond acceptors (Lipinski definition) is 3. The van der Waals surface area contributed by atoms with Crippen molar-refractivity contribution in [1.82, 2.24) is 10.6 Å². The van der Waals surface area contributed by atoms with Crippen LogP contribution in [0.1, 0.15) is 39.0 Å². The number of halogens is 1. The molecular weight excluding hydrogens is 425 g/mol. The van der Waals surface area contributed by atoms with E-state index in [-0.39, 0.29) is 35.6 Å². The van der Waals surface area contributed by atoms with Crippen LogP contribution in [0, 0.1) is 24.2 Å². The number of rotatable bonds is 4. The Bertz CT molecular complexity index is 542. The average Bonchev–Trinajstić information content (AvgIpc) is 2.83. The second kappa shape index (κ2) is 9.72. The lowest BCUT2D eigenvalue weighted by atomic mass is 9.86. The van der Waals surface area contributed by atoms with Crippen LogP contribution < -0.4 is 10.6 Å². The Morgan fingerprint density at radius 1 is 1.30 bits per heavy atom. The molecule has 0 aromatic heterocycles. The van der Waals surface area contributed by atoms with Crippen molar-refractivity contribution in [3.8, 4) is 12.3 Å². The predicted molar refractivity (Wildman–Crippen MR) is 106 cm³/mol. The number of sulfone groups is 1. The van der Waals surface area contributed by atoms with E-state index in [0.29, 0.717) is 37.2 Å². The third kappa shape index (κ3) is 6.87. The number of nitrogens with zero attached hydrogens (tertiary/aromatic N) is 1. The zero-order valence-corrected chi connectivity index (χ0v) is 16.9. The fourth-order valence-corrected chi connectivity index (χ4v) is 5.08. The summed E-state index contributed by atoms with van der Waals surface area (Å²) in [6.07, 6.45) is 11.0. The molecule has 0 bridgehead atoms. The Morgan fingerprint density at radius 3 is 2.65 bits per heavy atom. The molecule has 5 nitrogen and oxygen atoms in total. The third-order valence-corrected chi connectivity index (χ3v) is 6.46. The second-order valence-corrected chi connectivity index (χ2v) is 8.76. The van der Waals surface area contributed by atoms with E-state index < -0.39 is 9.84 Å². The van der Waals surface area contributed by atoms with Crippen LogP contribution in [0.25, 0.3) is 0 Å². The van der Waals surface area contributed by atoms with Crippen LogP contribution in [0.4, 0.5) is 0 Å². The lowest BCUT2D eigenvalue weighted by molar-refractivity contribution is 0.306. The first-order valence-electron chi connectivity index (χ1n) is 8.19. The van der Waals surface area contributed by atoms with E-state index in [9.17, 15) is 8.42 Å². The molecule has 0 radical (unpaired) electrons. The monoisotopic (exact) mass is 453 g/mol. The first kappa shape index (κ1) is 20.6. The van der Waals surface area contributed by atoms with Gasteiger partial charge in [-0.3, -0.25) is 4.99 Å². The van der Waals surface area contributed by atoms with E-state index in [1.165, 1.54) is 19.3 Å². The maximum atomic E-state index is 11.5. The Hall–Kier alpha value is -0.490. The molecule has 0 aromatic carbocycles. The fourth-order valence-electron chi connectivity index (χ4n) is 3.23. The molecule has 0 spiro atoms. The van der Waals surface area contributed by atoms with E-state index in [0.717, 1.165) is 12.4 Å². The van der Waals surface area contributed by atoms with E-state index in [1.807, 2.05) is 0 Å². The van der Waals surface area contributed by atoms with Gasteiger partial charge in [0.1, 0.15) is 0 Å². The number of guanidine groups is 1. The highest BCUT2D eigenvalue weighted by atomic mass is 127. The van der Waals surface area contributed by atoms with Gasteiger partial charge in [-0.25, -0.2) is 8.42 Å². The normalized spacial score (nSPS) is 30.1. The predicted octanol–water partition coefficient (Wildman–Crippen LogP) is 1.79. The maximum Gasteiger partial charge on any atom is 0.192 e. The highest BCUT2D eigenvalue weighted by molar-refractivity contribution is 14.0. The van der Waals surface area contributed by atoms with Crippen LogP contribution >= 0.6 is 24.0 Å². The van der Waals surface area contributed by atoms with Gasteiger partial charge in [-0.2, -0.15) is 0 Å². The van der Waals surface area contributed by atoms with Gasteiger partial charge >= 0.3 is 0 Å². The molecule has 0 amide bonds. The van der Waals surface area contributed by atoms with Crippen molar-refractivity contribution in [3.05, 3.63) is 0 Å². The first-order chi connectivity index (χ1) is 10.5. The van der Waals surface area contributed by atoms with Crippen molar-refractivity contribution in [2.45, 2.75) is 45.1 Å². The van der Waals surface area contributed by atoms with Gasteiger partial charge in [0.05, 0.1) is 18.1 Å². The lowest BCUT2D eigenvalue weighted by Crippen LogP contribution is -2.47. The molecule has 3 unspecified atom stereocenters. The first-order valence-corrected chi connectivity index (χ1v) is 10.0. The van der Waals surface area contributed by atoms with Crippen LogP contribution in [0.2, 0.25) is 0 Å². The summed E-state index contributed by atoms with van der Waals surface area (Å²) in [5.41, 5.74) is 0. The summed E-state index contributed by atoms with van der Waals surface area (Å²) >= 11 is 0. The molecule has 2 fully saturated rings. The van der Waals surface area contributed by atoms with Crippen molar-refractivity contribution >= 4 is 39.8 Å². The van der Waals surface area contributed by atoms with Gasteiger partial charge in [-0.15, -0.1) is 30.4 Å². The zero-order valence-electron chi connectivity index (χ0n) is 13.8. The lowest BCUT2D eigenvalue weighted by Gasteiger charge is -2.30. The number of hydrogen-bond donors (Lipinski definition) is 2. The van der Waals surface area contributed by atoms with Gasteiger partial charge in [-0.05, 0) is 31.1 Å². The van der Waals surface area contributed by atoms with Crippen molar-refractivity contribution < 1.29 is 8.42 Å². The summed E-state index contributed by atoms with van der Waals surface area (Å²) in [5.74, 6) is 4.61. The SMILES string of the molecule is C#CCNC(=NCC1CCS(=O)(=O)C1)NC1CCCCC1C.I. The summed E-state index contributed by atoms with van der Waals surface area (Å²) in [4.78, 5) is 4.57. The highest BCUT2D eigenvalue weighted by Gasteiger charge is 2.28. The van der Waals surface area contributed by atoms with Gasteiger partial charge in [-0.1, -0.05) is 25.7 Å². The smallest absolute Gasteiger partial charge is 0.192 e. The summed E-state index contributed by atoms with van der Waals surface area (Å²) in [6.45, 7) is 3.23. The van der Waals surface area contributed by atoms with Gasteiger partial charge in [0.2, 0.25) is 0 Å². The quantitative estimate of drug-likeness (QED) is 0.295. The number of terminal acetylenes is 1. The van der Waals surface area contributed by atoms with E-state index in [1.54, 1.807) is 0 Å². The van der Waals surface area contributed by atoms with Gasteiger partial charge in [0.25, 0.3) is 0 Å². The molecule has 132 valence electrons. The standard InChI is InChI=1S/C16H27N3O2S.HI/c1-3-9-17-16(19-15-7-5-4-6-13(15)2)18-11-14-8-10-22(20,21)12-14;/h1,13-15H,4-12H2,2H3,(H2,17,18,19);1H. The fraction of sp³-hybridized carbons (Fsp3) is 0.812. The van der Waals surface area contributed by atoms with Crippen LogP contribution in [-0.2, 0) is 9.84 Å². The number of aliphatic imine (C=N–C) groups is 1. The topological polar surface area (TPSA) is 70.6 Å². The Kier molecular flexibility index (Phi) is 8.69. The Balaban J connectivity index is 0.00000264. The molecule has 1 saturated carbocycles. The average molecular weight is 453 g/mol. The van der Waals surface area contributed by atoms with Crippen molar-refractivity contribution in [3.63, 3.8) is 0 Å². The summed E-state index contributed by atoms with van der Waals surface area (Å²) in [6, 6.07) is 0.421.